The number of nitrogens with one attached hydrogen (secondary N) is 1. The van der Waals surface area contributed by atoms with Gasteiger partial charge in [-0.3, -0.25) is 0 Å². The Morgan fingerprint density at radius 1 is 1.42 bits per heavy atom. The summed E-state index contributed by atoms with van der Waals surface area (Å²) in [5.74, 6) is 0.557. The fourth-order valence-electron chi connectivity index (χ4n) is 0.611. The zero-order valence-electron chi connectivity index (χ0n) is 6.17. The molecule has 0 aliphatic rings. The second-order valence-electron chi connectivity index (χ2n) is 2.10. The summed E-state index contributed by atoms with van der Waals surface area (Å²) in [7, 11) is 0. The second-order valence-corrected chi connectivity index (χ2v) is 2.10. The van der Waals surface area contributed by atoms with Crippen LogP contribution in [0.3, 0.4) is 0 Å². The predicted molar refractivity (Wildman–Crippen MR) is 40.9 cm³/mol. The summed E-state index contributed by atoms with van der Waals surface area (Å²) in [5.41, 5.74) is 5.23. The van der Waals surface area contributed by atoms with E-state index in [1.807, 2.05) is 0 Å². The summed E-state index contributed by atoms with van der Waals surface area (Å²) < 4.78 is 23.3. The standard InChI is InChI=1S/C6H8F2N4/c7-4(8)1-11-6-3-10-5(9)2-12-6/h2-4H,1H2,(H2,9,10)(H,11,12). The highest BCUT2D eigenvalue weighted by Gasteiger charge is 2.01. The van der Waals surface area contributed by atoms with Crippen molar-refractivity contribution in [2.45, 2.75) is 6.43 Å². The largest absolute Gasteiger partial charge is 0.382 e. The van der Waals surface area contributed by atoms with Crippen molar-refractivity contribution in [2.75, 3.05) is 17.6 Å². The first-order valence-corrected chi connectivity index (χ1v) is 3.28. The molecular weight excluding hydrogens is 166 g/mol. The van der Waals surface area contributed by atoms with Crippen LogP contribution in [-0.4, -0.2) is 22.9 Å². The van der Waals surface area contributed by atoms with Gasteiger partial charge in [-0.25, -0.2) is 18.7 Å². The Morgan fingerprint density at radius 3 is 2.67 bits per heavy atom. The van der Waals surface area contributed by atoms with Gasteiger partial charge in [-0.05, 0) is 0 Å². The van der Waals surface area contributed by atoms with Crippen molar-refractivity contribution in [3.05, 3.63) is 12.4 Å². The minimum atomic E-state index is -2.40. The van der Waals surface area contributed by atoms with E-state index in [4.69, 9.17) is 5.73 Å². The lowest BCUT2D eigenvalue weighted by Crippen LogP contribution is -2.11. The SMILES string of the molecule is Nc1cnc(NCC(F)F)cn1. The van der Waals surface area contributed by atoms with Crippen molar-refractivity contribution in [1.82, 2.24) is 9.97 Å². The molecule has 0 aliphatic carbocycles. The number of hydrogen-bond donors (Lipinski definition) is 2. The normalized spacial score (nSPS) is 10.2. The Labute approximate surface area is 67.8 Å². The van der Waals surface area contributed by atoms with E-state index in [1.165, 1.54) is 12.4 Å². The number of hydrogen-bond acceptors (Lipinski definition) is 4. The molecule has 0 saturated carbocycles. The average molecular weight is 174 g/mol. The van der Waals surface area contributed by atoms with Crippen LogP contribution in [0.2, 0.25) is 0 Å². The molecule has 0 bridgehead atoms. The summed E-state index contributed by atoms with van der Waals surface area (Å²) >= 11 is 0. The van der Waals surface area contributed by atoms with Gasteiger partial charge in [-0.15, -0.1) is 0 Å². The topological polar surface area (TPSA) is 63.8 Å². The van der Waals surface area contributed by atoms with E-state index < -0.39 is 13.0 Å². The molecule has 0 aliphatic heterocycles. The minimum absolute atomic E-state index is 0.262. The highest BCUT2D eigenvalue weighted by molar-refractivity contribution is 5.35. The van der Waals surface area contributed by atoms with Crippen LogP contribution in [0.4, 0.5) is 20.4 Å². The maximum atomic E-state index is 11.7. The van der Waals surface area contributed by atoms with E-state index in [0.717, 1.165) is 0 Å². The van der Waals surface area contributed by atoms with E-state index in [2.05, 4.69) is 15.3 Å². The molecule has 0 amide bonds. The van der Waals surface area contributed by atoms with Crippen LogP contribution < -0.4 is 11.1 Å². The number of nitrogens with zero attached hydrogens (tertiary/aromatic N) is 2. The third-order valence-electron chi connectivity index (χ3n) is 1.11. The number of nitrogens with two attached hydrogens (primary N) is 1. The second kappa shape index (κ2) is 3.80. The van der Waals surface area contributed by atoms with Crippen LogP contribution in [-0.2, 0) is 0 Å². The fourth-order valence-corrected chi connectivity index (χ4v) is 0.611. The van der Waals surface area contributed by atoms with E-state index in [-0.39, 0.29) is 5.82 Å². The van der Waals surface area contributed by atoms with Gasteiger partial charge in [0.2, 0.25) is 0 Å². The molecule has 0 spiro atoms. The van der Waals surface area contributed by atoms with Gasteiger partial charge in [0, 0.05) is 0 Å². The lowest BCUT2D eigenvalue weighted by Gasteiger charge is -2.02. The summed E-state index contributed by atoms with van der Waals surface area (Å²) in [6, 6.07) is 0. The van der Waals surface area contributed by atoms with Crippen LogP contribution in [0.15, 0.2) is 12.4 Å². The van der Waals surface area contributed by atoms with E-state index in [0.29, 0.717) is 5.82 Å². The maximum absolute atomic E-state index is 11.7. The van der Waals surface area contributed by atoms with Crippen LogP contribution >= 0.6 is 0 Å². The molecule has 0 atom stereocenters. The van der Waals surface area contributed by atoms with E-state index >= 15 is 0 Å². The van der Waals surface area contributed by atoms with Gasteiger partial charge in [0.05, 0.1) is 18.9 Å². The summed E-state index contributed by atoms with van der Waals surface area (Å²) in [4.78, 5) is 7.38. The maximum Gasteiger partial charge on any atom is 0.255 e. The van der Waals surface area contributed by atoms with Gasteiger partial charge in [0.1, 0.15) is 11.6 Å². The molecule has 6 heteroatoms. The fraction of sp³-hybridized carbons (Fsp3) is 0.333. The van der Waals surface area contributed by atoms with Crippen molar-refractivity contribution < 1.29 is 8.78 Å². The van der Waals surface area contributed by atoms with E-state index in [1.54, 1.807) is 0 Å². The van der Waals surface area contributed by atoms with Crippen LogP contribution in [0.5, 0.6) is 0 Å². The number of alkyl halides is 2. The molecule has 0 radical (unpaired) electrons. The van der Waals surface area contributed by atoms with Gasteiger partial charge >= 0.3 is 0 Å². The quantitative estimate of drug-likeness (QED) is 0.709. The van der Waals surface area contributed by atoms with Gasteiger partial charge in [-0.2, -0.15) is 0 Å². The summed E-state index contributed by atoms with van der Waals surface area (Å²) in [6.45, 7) is -0.432. The molecule has 1 aromatic heterocycles. The molecule has 1 rings (SSSR count). The Bertz CT molecular complexity index is 236. The first-order valence-electron chi connectivity index (χ1n) is 3.28. The average Bonchev–Trinajstić information content (AvgIpc) is 2.03. The number of anilines is 2. The van der Waals surface area contributed by atoms with E-state index in [9.17, 15) is 8.78 Å². The number of aromatic nitrogens is 2. The molecule has 4 nitrogen and oxygen atoms in total. The molecule has 12 heavy (non-hydrogen) atoms. The molecule has 1 heterocycles. The lowest BCUT2D eigenvalue weighted by molar-refractivity contribution is 0.163. The molecule has 0 aromatic carbocycles. The number of rotatable bonds is 3. The molecule has 0 saturated heterocycles. The number of nitrogen functional groups attached to an aromatic ring is 1. The van der Waals surface area contributed by atoms with Gasteiger partial charge in [0.25, 0.3) is 6.43 Å². The summed E-state index contributed by atoms with van der Waals surface area (Å²) in [6.07, 6.45) is 0.204. The van der Waals surface area contributed by atoms with Crippen molar-refractivity contribution >= 4 is 11.6 Å². The first-order chi connectivity index (χ1) is 5.68. The van der Waals surface area contributed by atoms with Gasteiger partial charge in [0.15, 0.2) is 0 Å². The van der Waals surface area contributed by atoms with Gasteiger partial charge < -0.3 is 11.1 Å². The zero-order chi connectivity index (χ0) is 8.97. The van der Waals surface area contributed by atoms with Crippen LogP contribution in [0.25, 0.3) is 0 Å². The lowest BCUT2D eigenvalue weighted by atomic mass is 10.6. The number of halogens is 2. The van der Waals surface area contributed by atoms with Crippen molar-refractivity contribution in [2.24, 2.45) is 0 Å². The highest BCUT2D eigenvalue weighted by atomic mass is 19.3. The monoisotopic (exact) mass is 174 g/mol. The Balaban J connectivity index is 2.48. The molecule has 0 unspecified atom stereocenters. The Hall–Kier alpha value is -1.46. The van der Waals surface area contributed by atoms with Crippen molar-refractivity contribution in [1.29, 1.82) is 0 Å². The highest BCUT2D eigenvalue weighted by Crippen LogP contribution is 2.02. The minimum Gasteiger partial charge on any atom is -0.382 e. The predicted octanol–water partition coefficient (Wildman–Crippen LogP) is 0.736. The smallest absolute Gasteiger partial charge is 0.255 e. The molecule has 3 N–H and O–H groups in total. The first kappa shape index (κ1) is 8.63. The third kappa shape index (κ3) is 2.65. The summed E-state index contributed by atoms with van der Waals surface area (Å²) in [5, 5.41) is 2.39. The van der Waals surface area contributed by atoms with Crippen molar-refractivity contribution in [3.8, 4) is 0 Å². The van der Waals surface area contributed by atoms with Gasteiger partial charge in [-0.1, -0.05) is 0 Å². The molecule has 0 fully saturated rings. The Kier molecular flexibility index (Phi) is 2.73. The van der Waals surface area contributed by atoms with Crippen molar-refractivity contribution in [3.63, 3.8) is 0 Å². The molecular formula is C6H8F2N4. The third-order valence-corrected chi connectivity index (χ3v) is 1.11. The van der Waals surface area contributed by atoms with Crippen LogP contribution in [0, 0.1) is 0 Å². The molecule has 66 valence electrons. The van der Waals surface area contributed by atoms with Crippen LogP contribution in [0.1, 0.15) is 0 Å². The zero-order valence-corrected chi connectivity index (χ0v) is 6.17. The molecule has 1 aromatic rings. The Morgan fingerprint density at radius 2 is 2.17 bits per heavy atom.